The Bertz CT molecular complexity index is 395. The number of nitrogens with one attached hydrogen (secondary N) is 1. The van der Waals surface area contributed by atoms with Gasteiger partial charge in [0.2, 0.25) is 6.79 Å². The molecular weight excluding hydrogens is 228 g/mol. The summed E-state index contributed by atoms with van der Waals surface area (Å²) in [6, 6.07) is 6.46. The van der Waals surface area contributed by atoms with E-state index in [2.05, 4.69) is 43.2 Å². The van der Waals surface area contributed by atoms with E-state index in [-0.39, 0.29) is 0 Å². The second kappa shape index (κ2) is 6.07. The number of rotatable bonds is 6. The van der Waals surface area contributed by atoms with Crippen LogP contribution in [0.1, 0.15) is 25.5 Å². The molecule has 1 unspecified atom stereocenters. The Morgan fingerprint density at radius 3 is 2.89 bits per heavy atom. The molecule has 0 saturated heterocycles. The van der Waals surface area contributed by atoms with Gasteiger partial charge in [-0.2, -0.15) is 0 Å². The third-order valence-electron chi connectivity index (χ3n) is 3.38. The van der Waals surface area contributed by atoms with Crippen molar-refractivity contribution in [2.45, 2.75) is 19.9 Å². The van der Waals surface area contributed by atoms with Crippen LogP contribution in [0.15, 0.2) is 18.2 Å². The van der Waals surface area contributed by atoms with Crippen LogP contribution >= 0.6 is 0 Å². The van der Waals surface area contributed by atoms with Crippen molar-refractivity contribution >= 4 is 0 Å². The summed E-state index contributed by atoms with van der Waals surface area (Å²) in [6.45, 7) is 7.80. The third-order valence-corrected chi connectivity index (χ3v) is 3.38. The van der Waals surface area contributed by atoms with Crippen LogP contribution < -0.4 is 14.8 Å². The largest absolute Gasteiger partial charge is 0.454 e. The van der Waals surface area contributed by atoms with Gasteiger partial charge >= 0.3 is 0 Å². The van der Waals surface area contributed by atoms with E-state index in [1.165, 1.54) is 5.56 Å². The summed E-state index contributed by atoms with van der Waals surface area (Å²) in [5.74, 6) is 1.70. The van der Waals surface area contributed by atoms with Gasteiger partial charge in [-0.25, -0.2) is 0 Å². The maximum Gasteiger partial charge on any atom is 0.231 e. The molecule has 1 aliphatic heterocycles. The molecule has 2 rings (SSSR count). The van der Waals surface area contributed by atoms with Crippen molar-refractivity contribution in [3.63, 3.8) is 0 Å². The standard InChI is InChI=1S/C14H22N2O2/c1-4-16(3)8-7-15-11(2)12-5-6-13-14(9-12)18-10-17-13/h5-6,9,11,15H,4,7-8,10H2,1-3H3. The average molecular weight is 250 g/mol. The monoisotopic (exact) mass is 250 g/mol. The van der Waals surface area contributed by atoms with E-state index in [0.29, 0.717) is 12.8 Å². The molecule has 0 amide bonds. The molecule has 18 heavy (non-hydrogen) atoms. The first-order valence-corrected chi connectivity index (χ1v) is 6.52. The molecule has 4 heteroatoms. The lowest BCUT2D eigenvalue weighted by molar-refractivity contribution is 0.174. The van der Waals surface area contributed by atoms with Crippen molar-refractivity contribution in [2.24, 2.45) is 0 Å². The van der Waals surface area contributed by atoms with Crippen molar-refractivity contribution in [3.05, 3.63) is 23.8 Å². The van der Waals surface area contributed by atoms with Crippen LogP contribution in [0.25, 0.3) is 0 Å². The minimum atomic E-state index is 0.324. The number of nitrogens with zero attached hydrogens (tertiary/aromatic N) is 1. The van der Waals surface area contributed by atoms with Crippen molar-refractivity contribution in [1.82, 2.24) is 10.2 Å². The molecule has 0 aromatic heterocycles. The summed E-state index contributed by atoms with van der Waals surface area (Å²) in [5.41, 5.74) is 1.23. The van der Waals surface area contributed by atoms with Crippen molar-refractivity contribution in [2.75, 3.05) is 33.5 Å². The van der Waals surface area contributed by atoms with Gasteiger partial charge in [0.15, 0.2) is 11.5 Å². The predicted molar refractivity (Wildman–Crippen MR) is 72.2 cm³/mol. The zero-order valence-electron chi connectivity index (χ0n) is 11.4. The van der Waals surface area contributed by atoms with Gasteiger partial charge in [0.1, 0.15) is 0 Å². The van der Waals surface area contributed by atoms with Crippen molar-refractivity contribution in [3.8, 4) is 11.5 Å². The number of hydrogen-bond acceptors (Lipinski definition) is 4. The normalized spacial score (nSPS) is 15.1. The number of fused-ring (bicyclic) bond motifs is 1. The molecule has 1 aromatic carbocycles. The molecule has 1 N–H and O–H groups in total. The Kier molecular flexibility index (Phi) is 4.44. The Hall–Kier alpha value is -1.26. The SMILES string of the molecule is CCN(C)CCNC(C)c1ccc2c(c1)OCO2. The molecule has 1 heterocycles. The van der Waals surface area contributed by atoms with E-state index in [9.17, 15) is 0 Å². The van der Waals surface area contributed by atoms with Crippen molar-refractivity contribution in [1.29, 1.82) is 0 Å². The highest BCUT2D eigenvalue weighted by Gasteiger charge is 2.15. The Morgan fingerprint density at radius 1 is 1.33 bits per heavy atom. The summed E-state index contributed by atoms with van der Waals surface area (Å²) in [5, 5.41) is 3.52. The average Bonchev–Trinajstić information content (AvgIpc) is 2.85. The van der Waals surface area contributed by atoms with Crippen molar-refractivity contribution < 1.29 is 9.47 Å². The highest BCUT2D eigenvalue weighted by molar-refractivity contribution is 5.45. The van der Waals surface area contributed by atoms with Crippen LogP contribution in [0.2, 0.25) is 0 Å². The Morgan fingerprint density at radius 2 is 2.11 bits per heavy atom. The molecule has 0 radical (unpaired) electrons. The fourth-order valence-electron chi connectivity index (χ4n) is 1.93. The minimum absolute atomic E-state index is 0.324. The lowest BCUT2D eigenvalue weighted by atomic mass is 10.1. The molecule has 1 aliphatic rings. The van der Waals surface area contributed by atoms with Gasteiger partial charge in [-0.05, 0) is 38.2 Å². The smallest absolute Gasteiger partial charge is 0.231 e. The van der Waals surface area contributed by atoms with E-state index in [1.807, 2.05) is 6.07 Å². The van der Waals surface area contributed by atoms with Crippen LogP contribution in [0, 0.1) is 0 Å². The molecule has 100 valence electrons. The zero-order chi connectivity index (χ0) is 13.0. The number of benzene rings is 1. The summed E-state index contributed by atoms with van der Waals surface area (Å²) in [6.07, 6.45) is 0. The Balaban J connectivity index is 1.87. The van der Waals surface area contributed by atoms with Gasteiger partial charge in [0, 0.05) is 19.1 Å². The molecule has 0 saturated carbocycles. The summed E-state index contributed by atoms with van der Waals surface area (Å²) in [4.78, 5) is 2.29. The zero-order valence-corrected chi connectivity index (χ0v) is 11.4. The highest BCUT2D eigenvalue weighted by atomic mass is 16.7. The van der Waals surface area contributed by atoms with E-state index >= 15 is 0 Å². The molecule has 0 aliphatic carbocycles. The number of ether oxygens (including phenoxy) is 2. The quantitative estimate of drug-likeness (QED) is 0.837. The number of hydrogen-bond donors (Lipinski definition) is 1. The fraction of sp³-hybridized carbons (Fsp3) is 0.571. The van der Waals surface area contributed by atoms with Crippen LogP contribution in [0.5, 0.6) is 11.5 Å². The molecule has 0 bridgehead atoms. The summed E-state index contributed by atoms with van der Waals surface area (Å²) in [7, 11) is 2.13. The minimum Gasteiger partial charge on any atom is -0.454 e. The maximum atomic E-state index is 5.39. The fourth-order valence-corrected chi connectivity index (χ4v) is 1.93. The van der Waals surface area contributed by atoms with Gasteiger partial charge in [-0.3, -0.25) is 0 Å². The van der Waals surface area contributed by atoms with Gasteiger partial charge in [0.25, 0.3) is 0 Å². The lowest BCUT2D eigenvalue weighted by Gasteiger charge is -2.18. The first-order chi connectivity index (χ1) is 8.70. The van der Waals surface area contributed by atoms with E-state index in [4.69, 9.17) is 9.47 Å². The molecule has 1 atom stereocenters. The van der Waals surface area contributed by atoms with Crippen LogP contribution in [-0.4, -0.2) is 38.4 Å². The van der Waals surface area contributed by atoms with E-state index in [0.717, 1.165) is 31.1 Å². The molecular formula is C14H22N2O2. The second-order valence-electron chi connectivity index (χ2n) is 4.68. The van der Waals surface area contributed by atoms with Gasteiger partial charge in [-0.15, -0.1) is 0 Å². The summed E-state index contributed by atoms with van der Waals surface area (Å²) >= 11 is 0. The lowest BCUT2D eigenvalue weighted by Crippen LogP contribution is -2.30. The Labute approximate surface area is 109 Å². The second-order valence-corrected chi connectivity index (χ2v) is 4.68. The van der Waals surface area contributed by atoms with Crippen LogP contribution in [-0.2, 0) is 0 Å². The first-order valence-electron chi connectivity index (χ1n) is 6.52. The van der Waals surface area contributed by atoms with Gasteiger partial charge in [-0.1, -0.05) is 13.0 Å². The number of likely N-dealkylation sites (N-methyl/N-ethyl adjacent to an activating group) is 1. The van der Waals surface area contributed by atoms with E-state index < -0.39 is 0 Å². The molecule has 4 nitrogen and oxygen atoms in total. The molecule has 0 spiro atoms. The van der Waals surface area contributed by atoms with Crippen LogP contribution in [0.4, 0.5) is 0 Å². The van der Waals surface area contributed by atoms with Crippen LogP contribution in [0.3, 0.4) is 0 Å². The van der Waals surface area contributed by atoms with Gasteiger partial charge < -0.3 is 19.7 Å². The maximum absolute atomic E-state index is 5.39. The molecule has 1 aromatic rings. The highest BCUT2D eigenvalue weighted by Crippen LogP contribution is 2.33. The molecule has 0 fully saturated rings. The summed E-state index contributed by atoms with van der Waals surface area (Å²) < 4.78 is 10.7. The third kappa shape index (κ3) is 3.15. The van der Waals surface area contributed by atoms with Gasteiger partial charge in [0.05, 0.1) is 0 Å². The first kappa shape index (κ1) is 13.2. The topological polar surface area (TPSA) is 33.7 Å². The van der Waals surface area contributed by atoms with E-state index in [1.54, 1.807) is 0 Å². The predicted octanol–water partition coefficient (Wildman–Crippen LogP) is 2.02.